The monoisotopic (exact) mass is 538 g/mol. The molecule has 0 spiro atoms. The van der Waals surface area contributed by atoms with Crippen molar-refractivity contribution in [2.75, 3.05) is 10.6 Å². The SMILES string of the molecule is C[C@@H](NC(=O)c1cc(Nc2ccon2)ncn1)c1ncc(C(=O)Nc2cc(C(F)(F)F)c(Cl)cn2)s1. The van der Waals surface area contributed by atoms with E-state index in [2.05, 4.69) is 41.0 Å². The van der Waals surface area contributed by atoms with Crippen molar-refractivity contribution in [3.8, 4) is 0 Å². The maximum absolute atomic E-state index is 13.0. The van der Waals surface area contributed by atoms with Gasteiger partial charge >= 0.3 is 6.18 Å². The zero-order valence-electron chi connectivity index (χ0n) is 18.0. The van der Waals surface area contributed by atoms with Gasteiger partial charge in [-0.2, -0.15) is 13.2 Å². The van der Waals surface area contributed by atoms with Gasteiger partial charge in [0.15, 0.2) is 5.82 Å². The Hall–Kier alpha value is -4.11. The molecule has 0 aromatic carbocycles. The van der Waals surface area contributed by atoms with Crippen LogP contribution in [0.2, 0.25) is 5.02 Å². The van der Waals surface area contributed by atoms with E-state index in [1.54, 1.807) is 13.0 Å². The van der Waals surface area contributed by atoms with E-state index in [4.69, 9.17) is 16.1 Å². The number of nitrogens with zero attached hydrogens (tertiary/aromatic N) is 5. The first-order valence-electron chi connectivity index (χ1n) is 9.90. The van der Waals surface area contributed by atoms with Gasteiger partial charge in [0.1, 0.15) is 39.8 Å². The third-order valence-electron chi connectivity index (χ3n) is 4.46. The minimum atomic E-state index is -4.71. The predicted octanol–water partition coefficient (Wildman–Crippen LogP) is 4.48. The number of aromatic nitrogens is 5. The van der Waals surface area contributed by atoms with Crippen molar-refractivity contribution in [3.05, 3.63) is 69.3 Å². The van der Waals surface area contributed by atoms with E-state index in [-0.39, 0.29) is 16.4 Å². The first-order chi connectivity index (χ1) is 17.1. The molecule has 4 aromatic rings. The molecule has 0 saturated carbocycles. The zero-order chi connectivity index (χ0) is 25.9. The Kier molecular flexibility index (Phi) is 7.12. The van der Waals surface area contributed by atoms with E-state index in [1.165, 1.54) is 24.9 Å². The van der Waals surface area contributed by atoms with Crippen LogP contribution in [0.15, 0.2) is 47.7 Å². The average molecular weight is 539 g/mol. The number of amides is 2. The van der Waals surface area contributed by atoms with Crippen LogP contribution in [0.4, 0.5) is 30.6 Å². The van der Waals surface area contributed by atoms with Gasteiger partial charge in [0.25, 0.3) is 11.8 Å². The number of alkyl halides is 3. The van der Waals surface area contributed by atoms with E-state index in [0.717, 1.165) is 17.5 Å². The van der Waals surface area contributed by atoms with Crippen molar-refractivity contribution in [2.24, 2.45) is 0 Å². The number of anilines is 3. The van der Waals surface area contributed by atoms with Gasteiger partial charge in [-0.3, -0.25) is 9.59 Å². The lowest BCUT2D eigenvalue weighted by Gasteiger charge is -2.11. The average Bonchev–Trinajstić information content (AvgIpc) is 3.52. The number of carbonyl (C=O) groups is 2. The first kappa shape index (κ1) is 25.0. The van der Waals surface area contributed by atoms with Crippen LogP contribution >= 0.6 is 22.9 Å². The highest BCUT2D eigenvalue weighted by molar-refractivity contribution is 7.13. The molecule has 36 heavy (non-hydrogen) atoms. The van der Waals surface area contributed by atoms with Gasteiger partial charge in [-0.25, -0.2) is 19.9 Å². The summed E-state index contributed by atoms with van der Waals surface area (Å²) in [5.41, 5.74) is -1.06. The molecule has 0 unspecified atom stereocenters. The smallest absolute Gasteiger partial charge is 0.363 e. The molecule has 0 bridgehead atoms. The van der Waals surface area contributed by atoms with Gasteiger partial charge in [0.2, 0.25) is 0 Å². The molecule has 0 aliphatic rings. The molecule has 16 heteroatoms. The van der Waals surface area contributed by atoms with Crippen LogP contribution in [-0.2, 0) is 6.18 Å². The molecular weight excluding hydrogens is 525 g/mol. The largest absolute Gasteiger partial charge is 0.418 e. The van der Waals surface area contributed by atoms with Crippen molar-refractivity contribution in [2.45, 2.75) is 19.1 Å². The number of thiazole rings is 1. The molecule has 1 atom stereocenters. The van der Waals surface area contributed by atoms with Crippen molar-refractivity contribution < 1.29 is 27.3 Å². The Bertz CT molecular complexity index is 1400. The highest BCUT2D eigenvalue weighted by Crippen LogP contribution is 2.35. The fraction of sp³-hybridized carbons (Fsp3) is 0.150. The number of hydrogen-bond acceptors (Lipinski definition) is 10. The maximum Gasteiger partial charge on any atom is 0.418 e. The Balaban J connectivity index is 1.40. The molecule has 11 nitrogen and oxygen atoms in total. The second-order valence-corrected chi connectivity index (χ2v) is 8.53. The van der Waals surface area contributed by atoms with Crippen LogP contribution in [0.25, 0.3) is 0 Å². The highest BCUT2D eigenvalue weighted by Gasteiger charge is 2.34. The molecular formula is C20H14ClF3N8O3S. The van der Waals surface area contributed by atoms with E-state index in [1.807, 2.05) is 0 Å². The lowest BCUT2D eigenvalue weighted by atomic mass is 10.2. The summed E-state index contributed by atoms with van der Waals surface area (Å²) in [7, 11) is 0. The summed E-state index contributed by atoms with van der Waals surface area (Å²) >= 11 is 6.49. The Morgan fingerprint density at radius 2 is 1.86 bits per heavy atom. The molecule has 4 aromatic heterocycles. The summed E-state index contributed by atoms with van der Waals surface area (Å²) in [6.45, 7) is 1.64. The van der Waals surface area contributed by atoms with E-state index < -0.39 is 34.6 Å². The van der Waals surface area contributed by atoms with E-state index in [0.29, 0.717) is 22.7 Å². The van der Waals surface area contributed by atoms with E-state index >= 15 is 0 Å². The number of pyridine rings is 1. The van der Waals surface area contributed by atoms with Crippen LogP contribution in [0, 0.1) is 0 Å². The second kappa shape index (κ2) is 10.2. The molecule has 0 saturated heterocycles. The molecule has 4 rings (SSSR count). The minimum absolute atomic E-state index is 0.0617. The van der Waals surface area contributed by atoms with E-state index in [9.17, 15) is 22.8 Å². The lowest BCUT2D eigenvalue weighted by molar-refractivity contribution is -0.137. The summed E-state index contributed by atoms with van der Waals surface area (Å²) in [6.07, 6.45) is -0.101. The fourth-order valence-electron chi connectivity index (χ4n) is 2.79. The fourth-order valence-corrected chi connectivity index (χ4v) is 3.81. The number of halogens is 4. The summed E-state index contributed by atoms with van der Waals surface area (Å²) < 4.78 is 43.8. The first-order valence-corrected chi connectivity index (χ1v) is 11.1. The Morgan fingerprint density at radius 1 is 1.06 bits per heavy atom. The van der Waals surface area contributed by atoms with Crippen molar-refractivity contribution in [3.63, 3.8) is 0 Å². The lowest BCUT2D eigenvalue weighted by Crippen LogP contribution is -2.27. The number of carbonyl (C=O) groups excluding carboxylic acids is 2. The highest BCUT2D eigenvalue weighted by atomic mass is 35.5. The van der Waals surface area contributed by atoms with Crippen LogP contribution in [0.1, 0.15) is 43.7 Å². The molecule has 0 aliphatic heterocycles. The number of nitrogens with one attached hydrogen (secondary N) is 3. The van der Waals surface area contributed by atoms with Gasteiger partial charge in [-0.15, -0.1) is 11.3 Å². The van der Waals surface area contributed by atoms with Crippen molar-refractivity contribution in [1.29, 1.82) is 0 Å². The normalized spacial score (nSPS) is 12.1. The summed E-state index contributed by atoms with van der Waals surface area (Å²) in [4.78, 5) is 41.0. The van der Waals surface area contributed by atoms with Crippen LogP contribution < -0.4 is 16.0 Å². The van der Waals surface area contributed by atoms with Crippen molar-refractivity contribution in [1.82, 2.24) is 30.4 Å². The van der Waals surface area contributed by atoms with Crippen LogP contribution in [-0.4, -0.2) is 36.9 Å². The molecule has 0 radical (unpaired) electrons. The zero-order valence-corrected chi connectivity index (χ0v) is 19.6. The topological polar surface area (TPSA) is 148 Å². The summed E-state index contributed by atoms with van der Waals surface area (Å²) in [5, 5.41) is 11.3. The minimum Gasteiger partial charge on any atom is -0.363 e. The van der Waals surface area contributed by atoms with Gasteiger partial charge in [0, 0.05) is 18.3 Å². The second-order valence-electron chi connectivity index (χ2n) is 7.06. The molecule has 4 heterocycles. The third kappa shape index (κ3) is 5.92. The van der Waals surface area contributed by atoms with Gasteiger partial charge in [0.05, 0.1) is 22.8 Å². The summed E-state index contributed by atoms with van der Waals surface area (Å²) in [6, 6.07) is 3.00. The van der Waals surface area contributed by atoms with Crippen LogP contribution in [0.5, 0.6) is 0 Å². The standard InChI is InChI=1S/C20H14ClF3N8O3S/c1-9(29-17(33)12-5-16(28-8-27-12)30-14-2-3-35-32-14)19-26-7-13(36-19)18(34)31-15-4-10(20(22,23)24)11(21)6-25-15/h2-9H,1H3,(H,29,33)(H,25,31,34)(H,27,28,30,32)/t9-/m1/s1. The Labute approximate surface area is 209 Å². The molecule has 2 amide bonds. The van der Waals surface area contributed by atoms with Gasteiger partial charge in [-0.1, -0.05) is 16.8 Å². The Morgan fingerprint density at radius 3 is 2.58 bits per heavy atom. The molecule has 186 valence electrons. The number of rotatable bonds is 7. The van der Waals surface area contributed by atoms with Crippen molar-refractivity contribution >= 4 is 52.2 Å². The van der Waals surface area contributed by atoms with Crippen LogP contribution in [0.3, 0.4) is 0 Å². The third-order valence-corrected chi connectivity index (χ3v) is 5.94. The quantitative estimate of drug-likeness (QED) is 0.310. The number of hydrogen-bond donors (Lipinski definition) is 3. The van der Waals surface area contributed by atoms with Gasteiger partial charge in [-0.05, 0) is 13.0 Å². The molecule has 0 fully saturated rings. The van der Waals surface area contributed by atoms with Gasteiger partial charge < -0.3 is 20.5 Å². The predicted molar refractivity (Wildman–Crippen MR) is 122 cm³/mol. The summed E-state index contributed by atoms with van der Waals surface area (Å²) in [5.74, 6) is -0.870. The maximum atomic E-state index is 13.0. The molecule has 0 aliphatic carbocycles. The molecule has 3 N–H and O–H groups in total.